The number of nitrogens with zero attached hydrogens (tertiary/aromatic N) is 3. The lowest BCUT2D eigenvalue weighted by Gasteiger charge is -2.26. The SMILES string of the molecule is Cc1cc(C)nc(NC2=[NH+][C@@H]3CCCC[C@@H]3N2C(=O)Nc2ccccc2)n1. The Balaban J connectivity index is 1.59. The van der Waals surface area contributed by atoms with E-state index in [1.807, 2.05) is 50.2 Å². The molecule has 1 aliphatic heterocycles. The largest absolute Gasteiger partial charge is 0.386 e. The van der Waals surface area contributed by atoms with Crippen LogP contribution in [0, 0.1) is 13.8 Å². The number of nitrogens with one attached hydrogen (secondary N) is 3. The van der Waals surface area contributed by atoms with E-state index < -0.39 is 0 Å². The molecule has 1 aliphatic carbocycles. The Bertz CT molecular complexity index is 846. The molecule has 4 rings (SSSR count). The third-order valence-corrected chi connectivity index (χ3v) is 5.08. The van der Waals surface area contributed by atoms with Crippen LogP contribution in [0.4, 0.5) is 16.4 Å². The summed E-state index contributed by atoms with van der Waals surface area (Å²) in [5, 5.41) is 6.24. The minimum atomic E-state index is -0.144. The van der Waals surface area contributed by atoms with Crippen molar-refractivity contribution in [1.29, 1.82) is 0 Å². The Morgan fingerprint density at radius 1 is 1.11 bits per heavy atom. The highest BCUT2D eigenvalue weighted by Gasteiger charge is 2.47. The van der Waals surface area contributed by atoms with Crippen molar-refractivity contribution in [2.24, 2.45) is 0 Å². The van der Waals surface area contributed by atoms with Crippen molar-refractivity contribution < 1.29 is 9.79 Å². The molecule has 140 valence electrons. The second-order valence-electron chi connectivity index (χ2n) is 7.22. The molecule has 27 heavy (non-hydrogen) atoms. The molecule has 2 heterocycles. The third-order valence-electron chi connectivity index (χ3n) is 5.08. The fourth-order valence-corrected chi connectivity index (χ4v) is 3.94. The summed E-state index contributed by atoms with van der Waals surface area (Å²) in [5.74, 6) is 1.16. The molecule has 1 fully saturated rings. The summed E-state index contributed by atoms with van der Waals surface area (Å²) in [5.41, 5.74) is 2.56. The molecular weight excluding hydrogens is 340 g/mol. The number of hydrogen-bond acceptors (Lipinski definition) is 4. The van der Waals surface area contributed by atoms with Crippen molar-refractivity contribution in [2.75, 3.05) is 10.6 Å². The first-order valence-corrected chi connectivity index (χ1v) is 9.48. The molecular formula is C20H25N6O+. The predicted octanol–water partition coefficient (Wildman–Crippen LogP) is 1.80. The lowest BCUT2D eigenvalue weighted by atomic mass is 9.91. The van der Waals surface area contributed by atoms with Gasteiger partial charge in [0.15, 0.2) is 0 Å². The van der Waals surface area contributed by atoms with Gasteiger partial charge in [-0.25, -0.2) is 20.1 Å². The number of fused-ring (bicyclic) bond motifs is 1. The van der Waals surface area contributed by atoms with Crippen LogP contribution in [-0.4, -0.2) is 38.9 Å². The number of hydrogen-bond donors (Lipinski definition) is 3. The number of aromatic nitrogens is 2. The Hall–Kier alpha value is -2.96. The van der Waals surface area contributed by atoms with Gasteiger partial charge in [0.1, 0.15) is 12.1 Å². The molecule has 1 aromatic heterocycles. The summed E-state index contributed by atoms with van der Waals surface area (Å²) < 4.78 is 0. The Morgan fingerprint density at radius 2 is 1.81 bits per heavy atom. The minimum absolute atomic E-state index is 0.135. The van der Waals surface area contributed by atoms with Crippen LogP contribution < -0.4 is 15.6 Å². The van der Waals surface area contributed by atoms with E-state index >= 15 is 0 Å². The Kier molecular flexibility index (Phi) is 4.75. The maximum Gasteiger partial charge on any atom is 0.386 e. The van der Waals surface area contributed by atoms with Crippen LogP contribution in [0.15, 0.2) is 36.4 Å². The molecule has 3 N–H and O–H groups in total. The number of amides is 2. The van der Waals surface area contributed by atoms with Crippen molar-refractivity contribution in [3.05, 3.63) is 47.8 Å². The lowest BCUT2D eigenvalue weighted by molar-refractivity contribution is -0.498. The number of anilines is 2. The molecule has 2 aromatic rings. The topological polar surface area (TPSA) is 84.1 Å². The van der Waals surface area contributed by atoms with Crippen molar-refractivity contribution in [3.8, 4) is 0 Å². The quantitative estimate of drug-likeness (QED) is 0.758. The van der Waals surface area contributed by atoms with Crippen molar-refractivity contribution in [2.45, 2.75) is 51.6 Å². The highest BCUT2D eigenvalue weighted by molar-refractivity contribution is 6.05. The van der Waals surface area contributed by atoms with Gasteiger partial charge in [0.25, 0.3) is 5.95 Å². The smallest absolute Gasteiger partial charge is 0.294 e. The minimum Gasteiger partial charge on any atom is -0.294 e. The number of benzene rings is 1. The van der Waals surface area contributed by atoms with E-state index in [0.29, 0.717) is 11.9 Å². The summed E-state index contributed by atoms with van der Waals surface area (Å²) in [4.78, 5) is 27.3. The first-order valence-electron chi connectivity index (χ1n) is 9.48. The summed E-state index contributed by atoms with van der Waals surface area (Å²) in [6.45, 7) is 3.87. The predicted molar refractivity (Wildman–Crippen MR) is 104 cm³/mol. The summed E-state index contributed by atoms with van der Waals surface area (Å²) in [7, 11) is 0. The molecule has 0 bridgehead atoms. The highest BCUT2D eigenvalue weighted by Crippen LogP contribution is 2.24. The number of guanidine groups is 1. The van der Waals surface area contributed by atoms with Gasteiger partial charge in [-0.15, -0.1) is 0 Å². The van der Waals surface area contributed by atoms with Crippen LogP contribution in [0.1, 0.15) is 37.1 Å². The van der Waals surface area contributed by atoms with Gasteiger partial charge in [0, 0.05) is 17.1 Å². The standard InChI is InChI=1S/C20H24N6O/c1-13-12-14(2)22-18(21-13)25-19-24-16-10-6-7-11-17(16)26(19)20(27)23-15-8-4-3-5-9-15/h3-5,8-9,12,16-17H,6-7,10-11H2,1-2H3,(H,23,27)(H,21,22,24,25)/p+1/t16-,17+/m1/s1. The van der Waals surface area contributed by atoms with Crippen LogP contribution in [-0.2, 0) is 0 Å². The van der Waals surface area contributed by atoms with Crippen molar-refractivity contribution in [3.63, 3.8) is 0 Å². The van der Waals surface area contributed by atoms with E-state index in [1.165, 1.54) is 6.42 Å². The van der Waals surface area contributed by atoms with E-state index in [1.54, 1.807) is 4.90 Å². The molecule has 2 aliphatic rings. The van der Waals surface area contributed by atoms with E-state index in [0.717, 1.165) is 36.3 Å². The van der Waals surface area contributed by atoms with E-state index in [2.05, 4.69) is 25.6 Å². The number of urea groups is 1. The Labute approximate surface area is 158 Å². The first kappa shape index (κ1) is 17.5. The van der Waals surface area contributed by atoms with Gasteiger partial charge in [-0.1, -0.05) is 18.2 Å². The van der Waals surface area contributed by atoms with Gasteiger partial charge < -0.3 is 0 Å². The maximum absolute atomic E-state index is 13.1. The Morgan fingerprint density at radius 3 is 2.56 bits per heavy atom. The average Bonchev–Trinajstić information content (AvgIpc) is 2.99. The van der Waals surface area contributed by atoms with Crippen molar-refractivity contribution in [1.82, 2.24) is 14.9 Å². The van der Waals surface area contributed by atoms with Gasteiger partial charge in [-0.05, 0) is 57.7 Å². The van der Waals surface area contributed by atoms with Crippen LogP contribution >= 0.6 is 0 Å². The molecule has 2 amide bonds. The van der Waals surface area contributed by atoms with Gasteiger partial charge >= 0.3 is 12.0 Å². The summed E-state index contributed by atoms with van der Waals surface area (Å²) in [6.07, 6.45) is 4.35. The lowest BCUT2D eigenvalue weighted by Crippen LogP contribution is -2.79. The number of carbonyl (C=O) groups is 1. The molecule has 0 radical (unpaired) electrons. The molecule has 0 unspecified atom stereocenters. The molecule has 1 saturated carbocycles. The van der Waals surface area contributed by atoms with Crippen LogP contribution in [0.25, 0.3) is 0 Å². The molecule has 7 heteroatoms. The zero-order valence-electron chi connectivity index (χ0n) is 15.7. The second-order valence-corrected chi connectivity index (χ2v) is 7.22. The van der Waals surface area contributed by atoms with Crippen molar-refractivity contribution >= 4 is 23.6 Å². The molecule has 7 nitrogen and oxygen atoms in total. The summed E-state index contributed by atoms with van der Waals surface area (Å²) >= 11 is 0. The number of aryl methyl sites for hydroxylation is 2. The molecule has 1 aromatic carbocycles. The average molecular weight is 365 g/mol. The van der Waals surface area contributed by atoms with Gasteiger partial charge in [-0.3, -0.25) is 10.3 Å². The van der Waals surface area contributed by atoms with Crippen LogP contribution in [0.2, 0.25) is 0 Å². The highest BCUT2D eigenvalue weighted by atomic mass is 16.2. The van der Waals surface area contributed by atoms with E-state index in [9.17, 15) is 4.79 Å². The normalized spacial score (nSPS) is 21.4. The van der Waals surface area contributed by atoms with E-state index in [4.69, 9.17) is 0 Å². The monoisotopic (exact) mass is 365 g/mol. The van der Waals surface area contributed by atoms with Gasteiger partial charge in [-0.2, -0.15) is 4.90 Å². The zero-order chi connectivity index (χ0) is 18.8. The van der Waals surface area contributed by atoms with Crippen LogP contribution in [0.5, 0.6) is 0 Å². The second kappa shape index (κ2) is 7.34. The maximum atomic E-state index is 13.1. The van der Waals surface area contributed by atoms with Gasteiger partial charge in [0.05, 0.1) is 0 Å². The molecule has 0 saturated heterocycles. The number of rotatable bonds is 2. The fraction of sp³-hybridized carbons (Fsp3) is 0.400. The number of carbonyl (C=O) groups excluding carboxylic acids is 1. The van der Waals surface area contributed by atoms with Crippen LogP contribution in [0.3, 0.4) is 0 Å². The zero-order valence-corrected chi connectivity index (χ0v) is 15.7. The van der Waals surface area contributed by atoms with E-state index in [-0.39, 0.29) is 18.1 Å². The number of para-hydroxylation sites is 1. The summed E-state index contributed by atoms with van der Waals surface area (Å²) in [6, 6.07) is 11.7. The fourth-order valence-electron chi connectivity index (χ4n) is 3.94. The molecule has 0 spiro atoms. The molecule has 2 atom stereocenters. The first-order chi connectivity index (χ1) is 13.1. The third kappa shape index (κ3) is 3.77. The van der Waals surface area contributed by atoms with Gasteiger partial charge in [0.2, 0.25) is 0 Å².